The molecule has 0 amide bonds. The molecule has 0 bridgehead atoms. The van der Waals surface area contributed by atoms with Crippen LogP contribution in [0.5, 0.6) is 11.6 Å². The van der Waals surface area contributed by atoms with Crippen LogP contribution in [0, 0.1) is 11.3 Å². The molecule has 6 rings (SSSR count). The van der Waals surface area contributed by atoms with Gasteiger partial charge in [-0.2, -0.15) is 10.3 Å². The summed E-state index contributed by atoms with van der Waals surface area (Å²) in [7, 11) is 0. The molecule has 35 heavy (non-hydrogen) atoms. The molecule has 3 aliphatic heterocycles. The van der Waals surface area contributed by atoms with Crippen LogP contribution >= 0.6 is 0 Å². The van der Waals surface area contributed by atoms with Gasteiger partial charge in [-0.3, -0.25) is 0 Å². The molecule has 0 saturated heterocycles. The van der Waals surface area contributed by atoms with E-state index >= 15 is 0 Å². The minimum Gasteiger partial charge on any atom is -0.478 e. The fraction of sp³-hybridized carbons (Fsp3) is 0.231. The van der Waals surface area contributed by atoms with Crippen LogP contribution < -0.4 is 9.47 Å². The van der Waals surface area contributed by atoms with E-state index in [-0.39, 0.29) is 12.7 Å². The summed E-state index contributed by atoms with van der Waals surface area (Å²) in [5, 5.41) is 19.7. The molecule has 0 radical (unpaired) electrons. The van der Waals surface area contributed by atoms with Gasteiger partial charge in [-0.15, -0.1) is 0 Å². The molecule has 1 aromatic carbocycles. The van der Waals surface area contributed by atoms with Gasteiger partial charge in [0, 0.05) is 36.1 Å². The number of hydrogen-bond acceptors (Lipinski definition) is 9. The van der Waals surface area contributed by atoms with Crippen molar-refractivity contribution in [2.24, 2.45) is 4.99 Å². The summed E-state index contributed by atoms with van der Waals surface area (Å²) >= 11 is 0. The van der Waals surface area contributed by atoms with Gasteiger partial charge in [0.1, 0.15) is 25.0 Å². The Morgan fingerprint density at radius 1 is 1.17 bits per heavy atom. The zero-order valence-electron chi connectivity index (χ0n) is 18.7. The summed E-state index contributed by atoms with van der Waals surface area (Å²) in [5.41, 5.74) is 5.42. The zero-order chi connectivity index (χ0) is 23.8. The number of aliphatic hydroxyl groups excluding tert-OH is 1. The molecule has 174 valence electrons. The lowest BCUT2D eigenvalue weighted by Crippen LogP contribution is -2.41. The van der Waals surface area contributed by atoms with E-state index in [0.717, 1.165) is 34.4 Å². The molecule has 0 spiro atoms. The quantitative estimate of drug-likeness (QED) is 0.626. The predicted molar refractivity (Wildman–Crippen MR) is 126 cm³/mol. The summed E-state index contributed by atoms with van der Waals surface area (Å²) < 4.78 is 17.5. The Hall–Kier alpha value is -4.42. The van der Waals surface area contributed by atoms with E-state index in [0.29, 0.717) is 36.4 Å². The highest BCUT2D eigenvalue weighted by atomic mass is 16.6. The van der Waals surface area contributed by atoms with Gasteiger partial charge < -0.3 is 24.2 Å². The summed E-state index contributed by atoms with van der Waals surface area (Å²) in [6.07, 6.45) is 4.66. The van der Waals surface area contributed by atoms with Crippen molar-refractivity contribution in [2.75, 3.05) is 19.8 Å². The van der Waals surface area contributed by atoms with Crippen LogP contribution in [-0.2, 0) is 11.2 Å². The van der Waals surface area contributed by atoms with Crippen molar-refractivity contribution in [1.29, 1.82) is 5.26 Å². The third kappa shape index (κ3) is 4.05. The molecule has 2 aromatic heterocycles. The van der Waals surface area contributed by atoms with Crippen LogP contribution in [-0.4, -0.2) is 58.1 Å². The Labute approximate surface area is 201 Å². The monoisotopic (exact) mass is 467 g/mol. The number of rotatable bonds is 3. The second-order valence-electron chi connectivity index (χ2n) is 8.37. The van der Waals surface area contributed by atoms with Crippen LogP contribution in [0.25, 0.3) is 16.8 Å². The lowest BCUT2D eigenvalue weighted by Gasteiger charge is -2.37. The smallest absolute Gasteiger partial charge is 0.257 e. The van der Waals surface area contributed by atoms with E-state index in [2.05, 4.69) is 21.0 Å². The Balaban J connectivity index is 1.21. The predicted octanol–water partition coefficient (Wildman–Crippen LogP) is 2.76. The molecule has 0 aliphatic carbocycles. The number of pyridine rings is 2. The fourth-order valence-corrected chi connectivity index (χ4v) is 4.41. The topological polar surface area (TPSA) is 113 Å². The van der Waals surface area contributed by atoms with Crippen molar-refractivity contribution in [3.63, 3.8) is 0 Å². The average Bonchev–Trinajstić information content (AvgIpc) is 2.91. The molecule has 9 nitrogen and oxygen atoms in total. The number of aromatic nitrogens is 2. The maximum absolute atomic E-state index is 10.7. The van der Waals surface area contributed by atoms with Crippen LogP contribution in [0.1, 0.15) is 16.8 Å². The number of aliphatic imine (C=N–C) groups is 1. The number of hydrogen-bond donors (Lipinski definition) is 1. The zero-order valence-corrected chi connectivity index (χ0v) is 18.7. The highest BCUT2D eigenvalue weighted by Crippen LogP contribution is 2.35. The molecule has 2 atom stereocenters. The van der Waals surface area contributed by atoms with Gasteiger partial charge in [-0.05, 0) is 41.8 Å². The summed E-state index contributed by atoms with van der Waals surface area (Å²) in [6, 6.07) is 15.4. The number of aliphatic hydroxyl groups is 1. The van der Waals surface area contributed by atoms with Gasteiger partial charge in [0.25, 0.3) is 5.88 Å². The maximum Gasteiger partial charge on any atom is 0.257 e. The van der Waals surface area contributed by atoms with Gasteiger partial charge in [0.2, 0.25) is 12.2 Å². The number of benzene rings is 1. The third-order valence-electron chi connectivity index (χ3n) is 6.16. The van der Waals surface area contributed by atoms with Crippen LogP contribution in [0.2, 0.25) is 0 Å². The highest BCUT2D eigenvalue weighted by Gasteiger charge is 2.31. The summed E-state index contributed by atoms with van der Waals surface area (Å²) in [4.78, 5) is 14.5. The molecule has 3 aromatic rings. The van der Waals surface area contributed by atoms with Crippen molar-refractivity contribution < 1.29 is 19.3 Å². The highest BCUT2D eigenvalue weighted by molar-refractivity contribution is 5.97. The van der Waals surface area contributed by atoms with Crippen molar-refractivity contribution in [3.8, 4) is 28.8 Å². The molecule has 1 N–H and O–H groups in total. The van der Waals surface area contributed by atoms with E-state index in [9.17, 15) is 5.11 Å². The Morgan fingerprint density at radius 3 is 2.94 bits per heavy atom. The average molecular weight is 467 g/mol. The minimum atomic E-state index is -1.02. The van der Waals surface area contributed by atoms with Gasteiger partial charge in [-0.1, -0.05) is 18.2 Å². The van der Waals surface area contributed by atoms with E-state index in [1.54, 1.807) is 30.6 Å². The van der Waals surface area contributed by atoms with Crippen molar-refractivity contribution in [3.05, 3.63) is 77.8 Å². The Bertz CT molecular complexity index is 1380. The van der Waals surface area contributed by atoms with Crippen molar-refractivity contribution >= 4 is 11.6 Å². The first-order valence-corrected chi connectivity index (χ1v) is 11.3. The number of ether oxygens (including phenoxy) is 3. The first kappa shape index (κ1) is 21.1. The normalized spacial score (nSPS) is 20.1. The maximum atomic E-state index is 10.7. The third-order valence-corrected chi connectivity index (χ3v) is 6.16. The minimum absolute atomic E-state index is 0.223. The molecule has 3 aliphatic rings. The molecule has 2 unspecified atom stereocenters. The lowest BCUT2D eigenvalue weighted by molar-refractivity contribution is 0.0348. The first-order chi connectivity index (χ1) is 17.2. The second-order valence-corrected chi connectivity index (χ2v) is 8.37. The molecular weight excluding hydrogens is 446 g/mol. The van der Waals surface area contributed by atoms with Gasteiger partial charge >= 0.3 is 0 Å². The van der Waals surface area contributed by atoms with E-state index in [1.807, 2.05) is 35.2 Å². The summed E-state index contributed by atoms with van der Waals surface area (Å²) in [5.74, 6) is 1.40. The fourth-order valence-electron chi connectivity index (χ4n) is 4.41. The lowest BCUT2D eigenvalue weighted by atomic mass is 9.92. The van der Waals surface area contributed by atoms with Crippen LogP contribution in [0.3, 0.4) is 0 Å². The molecule has 5 heterocycles. The second kappa shape index (κ2) is 8.74. The molecule has 0 fully saturated rings. The van der Waals surface area contributed by atoms with Crippen molar-refractivity contribution in [2.45, 2.75) is 18.9 Å². The van der Waals surface area contributed by atoms with Crippen LogP contribution in [0.15, 0.2) is 65.9 Å². The number of fused-ring (bicyclic) bond motifs is 4. The van der Waals surface area contributed by atoms with Gasteiger partial charge in [0.05, 0.1) is 5.70 Å². The van der Waals surface area contributed by atoms with E-state index in [4.69, 9.17) is 19.5 Å². The Morgan fingerprint density at radius 2 is 2.09 bits per heavy atom. The standard InChI is InChI=1S/C26H21N5O4/c27-12-19-5-3-18(13-29-19)16-4-6-21-17(10-16)7-9-31-22(21)11-24(30-26(31)32)33-14-20-15-34-25-23(35-20)2-1-8-28-25/h1-6,8,10-11,13,20,26,32H,7,9,14-15H2. The molecule has 9 heteroatoms. The van der Waals surface area contributed by atoms with Gasteiger partial charge in [-0.25, -0.2) is 9.97 Å². The number of nitriles is 1. The number of nitrogens with zero attached hydrogens (tertiary/aromatic N) is 5. The van der Waals surface area contributed by atoms with Crippen molar-refractivity contribution in [1.82, 2.24) is 14.9 Å². The largest absolute Gasteiger partial charge is 0.478 e. The SMILES string of the molecule is N#Cc1ccc(-c2ccc3c(c2)CCN2C3=CC(OCC3COc4ncccc4O3)=NC2O)cn1. The van der Waals surface area contributed by atoms with E-state index in [1.165, 1.54) is 0 Å². The van der Waals surface area contributed by atoms with Crippen LogP contribution in [0.4, 0.5) is 0 Å². The summed E-state index contributed by atoms with van der Waals surface area (Å²) in [6.45, 7) is 1.18. The molecule has 0 saturated carbocycles. The Kier molecular flexibility index (Phi) is 5.28. The van der Waals surface area contributed by atoms with E-state index < -0.39 is 6.35 Å². The molecular formula is C26H21N5O4. The van der Waals surface area contributed by atoms with Gasteiger partial charge in [0.15, 0.2) is 11.9 Å². The first-order valence-electron chi connectivity index (χ1n) is 11.3.